The van der Waals surface area contributed by atoms with E-state index in [4.69, 9.17) is 0 Å². The van der Waals surface area contributed by atoms with Crippen LogP contribution in [0.15, 0.2) is 0 Å². The Labute approximate surface area is 97.7 Å². The van der Waals surface area contributed by atoms with Crippen LogP contribution in [0.25, 0.3) is 0 Å². The Balaban J connectivity index is 0.000000980. The van der Waals surface area contributed by atoms with Crippen LogP contribution >= 0.6 is 0 Å². The molecule has 3 heteroatoms. The molecule has 0 aromatic carbocycles. The lowest BCUT2D eigenvalue weighted by atomic mass is 9.95. The van der Waals surface area contributed by atoms with Crippen LogP contribution in [0.4, 0.5) is 0 Å². The molecule has 2 aliphatic heterocycles. The fraction of sp³-hybridized carbons (Fsp3) is 1.00. The van der Waals surface area contributed by atoms with Gasteiger partial charge in [0.25, 0.3) is 0 Å². The summed E-state index contributed by atoms with van der Waals surface area (Å²) in [6.45, 7) is 4.64. The van der Waals surface area contributed by atoms with E-state index in [1.54, 1.807) is 0 Å². The number of rotatable bonds is 1. The first-order valence-electron chi connectivity index (χ1n) is 5.58. The van der Waals surface area contributed by atoms with Crippen LogP contribution in [0.2, 0.25) is 0 Å². The van der Waals surface area contributed by atoms with Crippen LogP contribution in [-0.2, 0) is 0 Å². The van der Waals surface area contributed by atoms with Gasteiger partial charge < -0.3 is 26.6 Å². The zero-order chi connectivity index (χ0) is 9.64. The molecule has 0 aromatic heterocycles. The summed E-state index contributed by atoms with van der Waals surface area (Å²) in [6, 6.07) is 2.17. The van der Waals surface area contributed by atoms with E-state index < -0.39 is 0 Å². The molecule has 2 fully saturated rings. The lowest BCUT2D eigenvalue weighted by Crippen LogP contribution is -3.00. The Morgan fingerprint density at radius 3 is 1.93 bits per heavy atom. The smallest absolute Gasteiger partial charge is 0.0919 e. The van der Waals surface area contributed by atoms with Crippen LogP contribution in [0.1, 0.15) is 39.5 Å². The van der Waals surface area contributed by atoms with E-state index in [2.05, 4.69) is 20.9 Å². The van der Waals surface area contributed by atoms with Crippen LogP contribution < -0.4 is 17.0 Å². The fourth-order valence-corrected chi connectivity index (χ4v) is 3.50. The van der Waals surface area contributed by atoms with Gasteiger partial charge in [-0.15, -0.1) is 0 Å². The standard InChI is InChI=1S/C11H22NO.BrH/c1-8(2)12(3)9-4-5-10(12)7-11(13)6-9;/h8-11,13H,4-7H2,1-3H3;1H/q+1;/p-1/t9-,10+,11+,12?;. The van der Waals surface area contributed by atoms with E-state index >= 15 is 0 Å². The van der Waals surface area contributed by atoms with Gasteiger partial charge in [0.05, 0.1) is 31.3 Å². The van der Waals surface area contributed by atoms with Crippen molar-refractivity contribution in [2.24, 2.45) is 0 Å². The molecular formula is C11H22BrNO. The molecule has 2 bridgehead atoms. The Bertz CT molecular complexity index is 193. The first-order chi connectivity index (χ1) is 6.05. The van der Waals surface area contributed by atoms with Crippen molar-refractivity contribution in [3.8, 4) is 0 Å². The second-order valence-electron chi connectivity index (χ2n) is 5.33. The van der Waals surface area contributed by atoms with E-state index in [9.17, 15) is 5.11 Å². The zero-order valence-electron chi connectivity index (χ0n) is 9.41. The number of halogens is 1. The highest BCUT2D eigenvalue weighted by Crippen LogP contribution is 2.42. The quantitative estimate of drug-likeness (QED) is 0.573. The van der Waals surface area contributed by atoms with E-state index in [0.717, 1.165) is 24.9 Å². The summed E-state index contributed by atoms with van der Waals surface area (Å²) in [6.07, 6.45) is 4.71. The van der Waals surface area contributed by atoms with Crippen LogP contribution in [-0.4, -0.2) is 40.9 Å². The second-order valence-corrected chi connectivity index (χ2v) is 5.33. The summed E-state index contributed by atoms with van der Waals surface area (Å²) in [4.78, 5) is 0. The minimum Gasteiger partial charge on any atom is -1.00 e. The van der Waals surface area contributed by atoms with Crippen LogP contribution in [0, 0.1) is 0 Å². The Hall–Kier alpha value is 0.400. The predicted molar refractivity (Wildman–Crippen MR) is 53.4 cm³/mol. The summed E-state index contributed by atoms with van der Waals surface area (Å²) in [5.74, 6) is 0. The number of hydrogen-bond donors (Lipinski definition) is 1. The minimum absolute atomic E-state index is 0. The van der Waals surface area contributed by atoms with Gasteiger partial charge in [-0.05, 0) is 13.8 Å². The molecule has 0 amide bonds. The van der Waals surface area contributed by atoms with Crippen molar-refractivity contribution in [2.75, 3.05) is 7.05 Å². The zero-order valence-corrected chi connectivity index (χ0v) is 11.0. The third kappa shape index (κ3) is 1.63. The molecule has 14 heavy (non-hydrogen) atoms. The minimum atomic E-state index is -0.0116. The van der Waals surface area contributed by atoms with Gasteiger partial charge >= 0.3 is 0 Å². The van der Waals surface area contributed by atoms with E-state index in [-0.39, 0.29) is 23.1 Å². The molecule has 0 spiro atoms. The van der Waals surface area contributed by atoms with Crippen molar-refractivity contribution in [3.63, 3.8) is 0 Å². The number of aliphatic hydroxyl groups excluding tert-OH is 1. The van der Waals surface area contributed by atoms with Gasteiger partial charge in [0.1, 0.15) is 0 Å². The van der Waals surface area contributed by atoms with Crippen molar-refractivity contribution in [2.45, 2.75) is 63.8 Å². The van der Waals surface area contributed by atoms with E-state index in [0.29, 0.717) is 6.04 Å². The maximum atomic E-state index is 9.69. The topological polar surface area (TPSA) is 20.2 Å². The number of aliphatic hydroxyl groups is 1. The third-order valence-corrected chi connectivity index (χ3v) is 4.61. The lowest BCUT2D eigenvalue weighted by Gasteiger charge is -2.49. The molecule has 0 radical (unpaired) electrons. The molecule has 2 aliphatic rings. The maximum Gasteiger partial charge on any atom is 0.0919 e. The largest absolute Gasteiger partial charge is 1.00 e. The summed E-state index contributed by atoms with van der Waals surface area (Å²) < 4.78 is 1.22. The number of quaternary nitrogens is 1. The molecule has 84 valence electrons. The van der Waals surface area contributed by atoms with Gasteiger partial charge in [-0.2, -0.15) is 0 Å². The highest BCUT2D eigenvalue weighted by molar-refractivity contribution is 4.86. The van der Waals surface area contributed by atoms with Gasteiger partial charge in [0, 0.05) is 25.7 Å². The monoisotopic (exact) mass is 263 g/mol. The average Bonchev–Trinajstić information content (AvgIpc) is 2.29. The van der Waals surface area contributed by atoms with Crippen molar-refractivity contribution in [1.29, 1.82) is 0 Å². The number of fused-ring (bicyclic) bond motifs is 2. The lowest BCUT2D eigenvalue weighted by molar-refractivity contribution is -0.968. The number of hydrogen-bond acceptors (Lipinski definition) is 1. The highest BCUT2D eigenvalue weighted by atomic mass is 79.9. The van der Waals surface area contributed by atoms with Gasteiger partial charge in [-0.25, -0.2) is 0 Å². The van der Waals surface area contributed by atoms with Gasteiger partial charge in [-0.1, -0.05) is 0 Å². The molecule has 0 saturated carbocycles. The molecule has 4 atom stereocenters. The average molecular weight is 264 g/mol. The summed E-state index contributed by atoms with van der Waals surface area (Å²) in [5.41, 5.74) is 0. The van der Waals surface area contributed by atoms with Crippen molar-refractivity contribution in [3.05, 3.63) is 0 Å². The normalized spacial score (nSPS) is 46.5. The molecule has 0 aromatic rings. The molecule has 0 aliphatic carbocycles. The van der Waals surface area contributed by atoms with Gasteiger partial charge in [-0.3, -0.25) is 0 Å². The van der Waals surface area contributed by atoms with E-state index in [1.807, 2.05) is 0 Å². The van der Waals surface area contributed by atoms with Crippen molar-refractivity contribution in [1.82, 2.24) is 0 Å². The molecule has 1 N–H and O–H groups in total. The maximum absolute atomic E-state index is 9.69. The fourth-order valence-electron chi connectivity index (χ4n) is 3.50. The first-order valence-corrected chi connectivity index (χ1v) is 5.58. The number of piperidine rings is 1. The molecule has 2 rings (SSSR count). The molecule has 2 heterocycles. The molecule has 2 nitrogen and oxygen atoms in total. The third-order valence-electron chi connectivity index (χ3n) is 4.61. The Morgan fingerprint density at radius 1 is 1.14 bits per heavy atom. The first kappa shape index (κ1) is 12.5. The van der Waals surface area contributed by atoms with Crippen LogP contribution in [0.5, 0.6) is 0 Å². The number of nitrogens with zero attached hydrogens (tertiary/aromatic N) is 1. The molecular weight excluding hydrogens is 242 g/mol. The van der Waals surface area contributed by atoms with Gasteiger partial charge in [0.2, 0.25) is 0 Å². The molecule has 2 saturated heterocycles. The SMILES string of the molecule is CC(C)[N+]1(C)[C@@H]2CC[C@H]1C[C@@H](O)C2.[Br-]. The summed E-state index contributed by atoms with van der Waals surface area (Å²) in [5, 5.41) is 9.69. The Morgan fingerprint density at radius 2 is 1.57 bits per heavy atom. The Kier molecular flexibility index (Phi) is 3.66. The predicted octanol–water partition coefficient (Wildman–Crippen LogP) is -1.47. The molecule has 1 unspecified atom stereocenters. The summed E-state index contributed by atoms with van der Waals surface area (Å²) in [7, 11) is 2.39. The van der Waals surface area contributed by atoms with E-state index in [1.165, 1.54) is 17.3 Å². The van der Waals surface area contributed by atoms with Crippen molar-refractivity contribution >= 4 is 0 Å². The van der Waals surface area contributed by atoms with Gasteiger partial charge in [0.15, 0.2) is 0 Å². The highest BCUT2D eigenvalue weighted by Gasteiger charge is 2.52. The summed E-state index contributed by atoms with van der Waals surface area (Å²) >= 11 is 0. The van der Waals surface area contributed by atoms with Crippen molar-refractivity contribution < 1.29 is 26.6 Å². The van der Waals surface area contributed by atoms with Crippen LogP contribution in [0.3, 0.4) is 0 Å². The second kappa shape index (κ2) is 4.11.